The summed E-state index contributed by atoms with van der Waals surface area (Å²) in [5.74, 6) is 3.63. The van der Waals surface area contributed by atoms with Gasteiger partial charge in [-0.2, -0.15) is 0 Å². The normalized spacial score (nSPS) is 12.2. The van der Waals surface area contributed by atoms with Crippen molar-refractivity contribution >= 4 is 22.3 Å². The number of fused-ring (bicyclic) bond motifs is 8. The molecule has 9 rings (SSSR count). The van der Waals surface area contributed by atoms with E-state index in [0.717, 1.165) is 164 Å². The first-order valence-corrected chi connectivity index (χ1v) is 52.7. The number of H-pyrrole nitrogens is 4. The number of benzene rings is 4. The summed E-state index contributed by atoms with van der Waals surface area (Å²) in [7, 11) is 0. The van der Waals surface area contributed by atoms with E-state index in [-0.39, 0.29) is 0 Å². The minimum atomic E-state index is 0.728. The van der Waals surface area contributed by atoms with Gasteiger partial charge in [-0.15, -0.1) is 0 Å². The molecule has 5 heterocycles. The van der Waals surface area contributed by atoms with E-state index in [2.05, 4.69) is 193 Å². The van der Waals surface area contributed by atoms with E-state index < -0.39 is 0 Å². The highest BCUT2D eigenvalue weighted by Crippen LogP contribution is 2.33. The van der Waals surface area contributed by atoms with E-state index in [9.17, 15) is 0 Å². The van der Waals surface area contributed by atoms with Gasteiger partial charge in [0.2, 0.25) is 0 Å². The van der Waals surface area contributed by atoms with Gasteiger partial charge in [0, 0.05) is 66.5 Å². The Morgan fingerprint density at radius 3 is 0.427 bits per heavy atom. The van der Waals surface area contributed by atoms with E-state index in [1.165, 1.54) is 385 Å². The molecule has 8 heteroatoms. The van der Waals surface area contributed by atoms with Crippen LogP contribution in [0.4, 0.5) is 0 Å². The molecule has 0 fully saturated rings. The fourth-order valence-corrected chi connectivity index (χ4v) is 18.8. The van der Waals surface area contributed by atoms with Crippen molar-refractivity contribution in [3.05, 3.63) is 212 Å². The third-order valence-corrected chi connectivity index (χ3v) is 26.5. The van der Waals surface area contributed by atoms with Crippen molar-refractivity contribution < 1.29 is 18.9 Å². The zero-order chi connectivity index (χ0) is 86.3. The molecule has 0 saturated carbocycles. The zero-order valence-electron chi connectivity index (χ0n) is 79.6. The lowest BCUT2D eigenvalue weighted by Crippen LogP contribution is -2.19. The molecule has 0 radical (unpaired) electrons. The van der Waals surface area contributed by atoms with Crippen molar-refractivity contribution in [1.29, 1.82) is 0 Å². The molecular formula is C116H176N4O4. The summed E-state index contributed by atoms with van der Waals surface area (Å²) in [4.78, 5) is 16.3. The summed E-state index contributed by atoms with van der Waals surface area (Å²) in [6, 6.07) is 53.5. The first-order valence-electron chi connectivity index (χ1n) is 52.7. The Hall–Kier alpha value is -7.32. The monoisotopic (exact) mass is 1690 g/mol. The predicted octanol–water partition coefficient (Wildman–Crippen LogP) is 32.9. The Kier molecular flexibility index (Phi) is 52.9. The quantitative estimate of drug-likeness (QED) is 0.0285. The fraction of sp³-hybridized carbons (Fsp3) is 0.621. The SMILES string of the molecule is CCCCCCCCCCCCCCCCCCOc1ccc(C2=c3ccc([nH]3)=C(c3ccc(OCCCCCCCCCCCCCCCCCC)cc3)c3ccc([nH]3)C(c3ccc(OCCCCCCCCCCCCCCCCCC)cc3)=c3ccc([nH]3)=C(c3ccc(OCCCCCCCCCCCCCCCCCC)cc3)c3ccc2[nH]3)cc1. The topological polar surface area (TPSA) is 100 Å². The fourth-order valence-electron chi connectivity index (χ4n) is 18.8. The zero-order valence-corrected chi connectivity index (χ0v) is 79.6. The molecule has 0 aliphatic carbocycles. The van der Waals surface area contributed by atoms with Crippen LogP contribution in [-0.4, -0.2) is 46.4 Å². The van der Waals surface area contributed by atoms with Gasteiger partial charge < -0.3 is 38.9 Å². The maximum Gasteiger partial charge on any atom is 0.119 e. The average molecular weight is 1690 g/mol. The second-order valence-corrected chi connectivity index (χ2v) is 37.3. The molecule has 0 atom stereocenters. The van der Waals surface area contributed by atoms with Crippen LogP contribution < -0.4 is 40.3 Å². The first-order chi connectivity index (χ1) is 61.5. The van der Waals surface area contributed by atoms with Crippen LogP contribution in [0.1, 0.15) is 484 Å². The van der Waals surface area contributed by atoms with Gasteiger partial charge in [-0.25, -0.2) is 0 Å². The number of unbranched alkanes of at least 4 members (excludes halogenated alkanes) is 60. The van der Waals surface area contributed by atoms with Crippen molar-refractivity contribution in [1.82, 2.24) is 19.9 Å². The Morgan fingerprint density at radius 2 is 0.282 bits per heavy atom. The Bertz CT molecular complexity index is 3670. The van der Waals surface area contributed by atoms with Crippen LogP contribution in [0.2, 0.25) is 0 Å². The molecule has 0 spiro atoms. The van der Waals surface area contributed by atoms with Crippen LogP contribution >= 0.6 is 0 Å². The molecule has 8 nitrogen and oxygen atoms in total. The summed E-state index contributed by atoms with van der Waals surface area (Å²) in [6.45, 7) is 12.1. The van der Waals surface area contributed by atoms with Gasteiger partial charge in [0.15, 0.2) is 0 Å². The summed E-state index contributed by atoms with van der Waals surface area (Å²) in [5.41, 5.74) is 12.8. The van der Waals surface area contributed by atoms with Gasteiger partial charge in [0.05, 0.1) is 26.4 Å². The van der Waals surface area contributed by atoms with Gasteiger partial charge in [-0.1, -0.05) is 461 Å². The third kappa shape index (κ3) is 39.9. The van der Waals surface area contributed by atoms with Crippen molar-refractivity contribution in [3.63, 3.8) is 0 Å². The van der Waals surface area contributed by atoms with Crippen LogP contribution in [0.3, 0.4) is 0 Å². The van der Waals surface area contributed by atoms with E-state index in [0.29, 0.717) is 0 Å². The lowest BCUT2D eigenvalue weighted by Gasteiger charge is -2.12. The molecule has 1 aliphatic heterocycles. The van der Waals surface area contributed by atoms with Crippen molar-refractivity contribution in [2.75, 3.05) is 26.4 Å². The van der Waals surface area contributed by atoms with Gasteiger partial charge in [-0.05, 0) is 145 Å². The molecular weight excluding hydrogens is 1510 g/mol. The second kappa shape index (κ2) is 65.3. The summed E-state index contributed by atoms with van der Waals surface area (Å²) in [5, 5.41) is 4.05. The number of ether oxygens (including phenoxy) is 4. The van der Waals surface area contributed by atoms with Crippen LogP contribution in [0.25, 0.3) is 22.3 Å². The third-order valence-electron chi connectivity index (χ3n) is 26.5. The van der Waals surface area contributed by atoms with Crippen LogP contribution in [0.5, 0.6) is 23.0 Å². The first kappa shape index (κ1) is 100. The number of aromatic amines is 4. The summed E-state index contributed by atoms with van der Waals surface area (Å²) >= 11 is 0. The average Bonchev–Trinajstić information content (AvgIpc) is 1.61. The number of aromatic nitrogens is 4. The van der Waals surface area contributed by atoms with Crippen molar-refractivity contribution in [2.45, 2.75) is 439 Å². The van der Waals surface area contributed by atoms with Gasteiger partial charge >= 0.3 is 0 Å². The molecule has 0 amide bonds. The predicted molar refractivity (Wildman–Crippen MR) is 534 cm³/mol. The molecule has 8 bridgehead atoms. The number of nitrogens with one attached hydrogen (secondary N) is 4. The minimum absolute atomic E-state index is 0.728. The maximum atomic E-state index is 6.52. The highest BCUT2D eigenvalue weighted by molar-refractivity contribution is 5.85. The molecule has 4 N–H and O–H groups in total. The molecule has 124 heavy (non-hydrogen) atoms. The second-order valence-electron chi connectivity index (χ2n) is 37.3. The van der Waals surface area contributed by atoms with Gasteiger partial charge in [0.25, 0.3) is 0 Å². The molecule has 684 valence electrons. The molecule has 8 aromatic rings. The van der Waals surface area contributed by atoms with E-state index >= 15 is 0 Å². The van der Waals surface area contributed by atoms with E-state index in [1.807, 2.05) is 0 Å². The van der Waals surface area contributed by atoms with Crippen LogP contribution in [0, 0.1) is 0 Å². The Labute approximate surface area is 756 Å². The molecule has 0 saturated heterocycles. The summed E-state index contributed by atoms with van der Waals surface area (Å²) < 4.78 is 26.1. The molecule has 0 unspecified atom stereocenters. The standard InChI is InChI=1S/C116H176N4O4/c1-5-9-13-17-21-25-29-33-37-41-45-49-53-57-61-65-93-121-101-77-69-97(70-78-101)113-105-85-87-107(117-105)114(98-71-79-102(80-72-98)122-94-66-62-58-54-50-46-42-38-34-30-26-22-18-14-10-6-2)109-89-91-111(119-109)116(100-75-83-104(84-76-100)124-96-68-64-60-56-52-48-44-40-36-32-28-24-20-16-12-8-4)112-92-90-110(120-112)115(108-88-86-106(113)118-108)99-73-81-103(82-74-99)123-95-67-63-59-55-51-47-43-39-35-31-27-23-19-15-11-7-3/h69-92,117-120H,5-68,93-96H2,1-4H3. The van der Waals surface area contributed by atoms with Crippen molar-refractivity contribution in [3.8, 4) is 23.0 Å². The van der Waals surface area contributed by atoms with Crippen LogP contribution in [-0.2, 0) is 0 Å². The molecule has 4 aromatic heterocycles. The molecule has 4 aromatic carbocycles. The van der Waals surface area contributed by atoms with Gasteiger partial charge in [-0.3, -0.25) is 0 Å². The molecule has 1 aliphatic rings. The van der Waals surface area contributed by atoms with Crippen molar-refractivity contribution in [2.24, 2.45) is 0 Å². The lowest BCUT2D eigenvalue weighted by atomic mass is 10.0. The lowest BCUT2D eigenvalue weighted by molar-refractivity contribution is 0.304. The van der Waals surface area contributed by atoms with Gasteiger partial charge in [0.1, 0.15) is 23.0 Å². The smallest absolute Gasteiger partial charge is 0.119 e. The Balaban J connectivity index is 0.920. The number of rotatable bonds is 76. The summed E-state index contributed by atoms with van der Waals surface area (Å²) in [6.07, 6.45) is 86.9. The van der Waals surface area contributed by atoms with E-state index in [1.54, 1.807) is 0 Å². The largest absolute Gasteiger partial charge is 0.494 e. The highest BCUT2D eigenvalue weighted by Gasteiger charge is 2.20. The number of hydrogen-bond donors (Lipinski definition) is 4. The van der Waals surface area contributed by atoms with Crippen LogP contribution in [0.15, 0.2) is 146 Å². The highest BCUT2D eigenvalue weighted by atomic mass is 16.5. The maximum absolute atomic E-state index is 6.52. The minimum Gasteiger partial charge on any atom is -0.494 e. The van der Waals surface area contributed by atoms with E-state index in [4.69, 9.17) is 18.9 Å². The number of hydrogen-bond acceptors (Lipinski definition) is 4. The Morgan fingerprint density at radius 1 is 0.145 bits per heavy atom.